The van der Waals surface area contributed by atoms with Gasteiger partial charge in [-0.2, -0.15) is 0 Å². The summed E-state index contributed by atoms with van der Waals surface area (Å²) < 4.78 is 53.0. The van der Waals surface area contributed by atoms with Gasteiger partial charge in [0.2, 0.25) is 21.8 Å². The molecule has 0 aliphatic carbocycles. The van der Waals surface area contributed by atoms with Gasteiger partial charge in [0.05, 0.1) is 11.9 Å². The Morgan fingerprint density at radius 3 is 2.23 bits per heavy atom. The Balaban J connectivity index is 2.47. The number of rotatable bonds is 11. The van der Waals surface area contributed by atoms with E-state index in [0.717, 1.165) is 35.6 Å². The van der Waals surface area contributed by atoms with E-state index in [1.807, 2.05) is 45.0 Å². The van der Waals surface area contributed by atoms with Gasteiger partial charge in [-0.15, -0.1) is 0 Å². The molecule has 0 heterocycles. The van der Waals surface area contributed by atoms with Crippen LogP contribution in [-0.2, 0) is 26.2 Å². The van der Waals surface area contributed by atoms with Crippen LogP contribution < -0.4 is 9.62 Å². The minimum atomic E-state index is -4.04. The largest absolute Gasteiger partial charge is 0.352 e. The lowest BCUT2D eigenvalue weighted by molar-refractivity contribution is -0.140. The SMILES string of the molecule is CC[C@H](C(=O)N[C@@H](C)CC)N(Cc1ccccc1C)C(=O)CN(c1ccc(F)c(F)c1)S(C)(=O)=O. The molecule has 35 heavy (non-hydrogen) atoms. The molecule has 0 fully saturated rings. The molecule has 7 nitrogen and oxygen atoms in total. The first-order valence-electron chi connectivity index (χ1n) is 11.5. The van der Waals surface area contributed by atoms with Crippen molar-refractivity contribution in [1.29, 1.82) is 0 Å². The van der Waals surface area contributed by atoms with E-state index in [1.165, 1.54) is 4.90 Å². The molecule has 1 N–H and O–H groups in total. The molecule has 192 valence electrons. The van der Waals surface area contributed by atoms with Crippen LogP contribution in [0.2, 0.25) is 0 Å². The molecule has 2 aromatic rings. The number of halogens is 2. The van der Waals surface area contributed by atoms with E-state index >= 15 is 0 Å². The van der Waals surface area contributed by atoms with Crippen LogP contribution in [0.25, 0.3) is 0 Å². The van der Waals surface area contributed by atoms with Crippen LogP contribution in [0.4, 0.5) is 14.5 Å². The van der Waals surface area contributed by atoms with Crippen LogP contribution in [0.15, 0.2) is 42.5 Å². The highest BCUT2D eigenvalue weighted by Crippen LogP contribution is 2.22. The van der Waals surface area contributed by atoms with Gasteiger partial charge in [-0.25, -0.2) is 17.2 Å². The average Bonchev–Trinajstić information content (AvgIpc) is 2.79. The third-order valence-electron chi connectivity index (χ3n) is 5.86. The number of aryl methyl sites for hydroxylation is 1. The van der Waals surface area contributed by atoms with Crippen molar-refractivity contribution in [2.24, 2.45) is 0 Å². The maximum Gasteiger partial charge on any atom is 0.244 e. The monoisotopic (exact) mass is 509 g/mol. The van der Waals surface area contributed by atoms with Crippen LogP contribution in [-0.4, -0.2) is 50.0 Å². The van der Waals surface area contributed by atoms with Gasteiger partial charge >= 0.3 is 0 Å². The van der Waals surface area contributed by atoms with Gasteiger partial charge in [-0.3, -0.25) is 13.9 Å². The fourth-order valence-electron chi connectivity index (χ4n) is 3.59. The van der Waals surface area contributed by atoms with E-state index in [2.05, 4.69) is 5.32 Å². The molecule has 0 radical (unpaired) electrons. The first kappa shape index (κ1) is 28.2. The predicted octanol–water partition coefficient (Wildman–Crippen LogP) is 3.76. The Bertz CT molecular complexity index is 1160. The molecule has 0 aliphatic rings. The number of nitrogens with zero attached hydrogens (tertiary/aromatic N) is 2. The molecular weight excluding hydrogens is 476 g/mol. The van der Waals surface area contributed by atoms with Gasteiger partial charge < -0.3 is 10.2 Å². The molecule has 2 rings (SSSR count). The minimum Gasteiger partial charge on any atom is -0.352 e. The Labute approximate surface area is 206 Å². The molecule has 0 saturated heterocycles. The fourth-order valence-corrected chi connectivity index (χ4v) is 4.43. The summed E-state index contributed by atoms with van der Waals surface area (Å²) in [5.74, 6) is -3.36. The quantitative estimate of drug-likeness (QED) is 0.500. The summed E-state index contributed by atoms with van der Waals surface area (Å²) in [5.41, 5.74) is 1.52. The molecule has 0 unspecified atom stereocenters. The number of hydrogen-bond donors (Lipinski definition) is 1. The van der Waals surface area contributed by atoms with Crippen LogP contribution in [0.3, 0.4) is 0 Å². The number of nitrogens with one attached hydrogen (secondary N) is 1. The summed E-state index contributed by atoms with van der Waals surface area (Å²) in [4.78, 5) is 28.0. The second kappa shape index (κ2) is 12.1. The highest BCUT2D eigenvalue weighted by Gasteiger charge is 2.32. The van der Waals surface area contributed by atoms with Crippen LogP contribution in [0.5, 0.6) is 0 Å². The summed E-state index contributed by atoms with van der Waals surface area (Å²) in [6.07, 6.45) is 1.87. The first-order valence-corrected chi connectivity index (χ1v) is 13.3. The van der Waals surface area contributed by atoms with E-state index in [4.69, 9.17) is 0 Å². The zero-order valence-corrected chi connectivity index (χ0v) is 21.5. The third-order valence-corrected chi connectivity index (χ3v) is 7.00. The summed E-state index contributed by atoms with van der Waals surface area (Å²) in [6, 6.07) is 9.02. The van der Waals surface area contributed by atoms with Crippen molar-refractivity contribution >= 4 is 27.5 Å². The number of sulfonamides is 1. The van der Waals surface area contributed by atoms with Crippen molar-refractivity contribution in [3.8, 4) is 0 Å². The Morgan fingerprint density at radius 2 is 1.69 bits per heavy atom. The highest BCUT2D eigenvalue weighted by molar-refractivity contribution is 7.92. The van der Waals surface area contributed by atoms with Gasteiger partial charge in [0.15, 0.2) is 11.6 Å². The number of carbonyl (C=O) groups excluding carboxylic acids is 2. The maximum atomic E-state index is 13.9. The summed E-state index contributed by atoms with van der Waals surface area (Å²) >= 11 is 0. The average molecular weight is 510 g/mol. The van der Waals surface area contributed by atoms with E-state index in [-0.39, 0.29) is 24.2 Å². The van der Waals surface area contributed by atoms with E-state index in [1.54, 1.807) is 6.92 Å². The molecule has 2 atom stereocenters. The second-order valence-corrected chi connectivity index (χ2v) is 10.5. The lowest BCUT2D eigenvalue weighted by Crippen LogP contribution is -2.53. The van der Waals surface area contributed by atoms with Crippen molar-refractivity contribution in [1.82, 2.24) is 10.2 Å². The summed E-state index contributed by atoms with van der Waals surface area (Å²) in [6.45, 7) is 6.82. The summed E-state index contributed by atoms with van der Waals surface area (Å²) in [7, 11) is -4.04. The van der Waals surface area contributed by atoms with Crippen molar-refractivity contribution in [3.63, 3.8) is 0 Å². The van der Waals surface area contributed by atoms with E-state index in [9.17, 15) is 26.8 Å². The van der Waals surface area contributed by atoms with Gasteiger partial charge in [0.25, 0.3) is 0 Å². The van der Waals surface area contributed by atoms with Crippen molar-refractivity contribution in [2.75, 3.05) is 17.1 Å². The molecule has 2 amide bonds. The van der Waals surface area contributed by atoms with Crippen molar-refractivity contribution in [3.05, 3.63) is 65.2 Å². The normalized spacial score (nSPS) is 13.1. The van der Waals surface area contributed by atoms with Gasteiger partial charge in [0.1, 0.15) is 12.6 Å². The smallest absolute Gasteiger partial charge is 0.244 e. The zero-order valence-electron chi connectivity index (χ0n) is 20.7. The fraction of sp³-hybridized carbons (Fsp3) is 0.440. The van der Waals surface area contributed by atoms with E-state index in [0.29, 0.717) is 17.1 Å². The highest BCUT2D eigenvalue weighted by atomic mass is 32.2. The van der Waals surface area contributed by atoms with Gasteiger partial charge in [0, 0.05) is 18.7 Å². The first-order chi connectivity index (χ1) is 16.4. The third kappa shape index (κ3) is 7.48. The van der Waals surface area contributed by atoms with Gasteiger partial charge in [-0.05, 0) is 49.9 Å². The Morgan fingerprint density at radius 1 is 1.03 bits per heavy atom. The second-order valence-electron chi connectivity index (χ2n) is 8.56. The lowest BCUT2D eigenvalue weighted by atomic mass is 10.1. The lowest BCUT2D eigenvalue weighted by Gasteiger charge is -2.33. The Kier molecular flexibility index (Phi) is 9.76. The molecular formula is C25H33F2N3O4S. The van der Waals surface area contributed by atoms with Crippen LogP contribution >= 0.6 is 0 Å². The molecule has 0 spiro atoms. The molecule has 2 aromatic carbocycles. The minimum absolute atomic E-state index is 0.0767. The summed E-state index contributed by atoms with van der Waals surface area (Å²) in [5, 5.41) is 2.89. The van der Waals surface area contributed by atoms with E-state index < -0.39 is 40.2 Å². The molecule has 0 bridgehead atoms. The molecule has 0 saturated carbocycles. The molecule has 0 aliphatic heterocycles. The predicted molar refractivity (Wildman–Crippen MR) is 132 cm³/mol. The number of hydrogen-bond acceptors (Lipinski definition) is 4. The molecule has 0 aromatic heterocycles. The van der Waals surface area contributed by atoms with Crippen LogP contribution in [0.1, 0.15) is 44.7 Å². The number of amides is 2. The maximum absolute atomic E-state index is 13.9. The van der Waals surface area contributed by atoms with Crippen molar-refractivity contribution in [2.45, 2.75) is 59.2 Å². The zero-order chi connectivity index (χ0) is 26.3. The van der Waals surface area contributed by atoms with Crippen molar-refractivity contribution < 1.29 is 26.8 Å². The van der Waals surface area contributed by atoms with Gasteiger partial charge in [-0.1, -0.05) is 38.1 Å². The number of benzene rings is 2. The topological polar surface area (TPSA) is 86.8 Å². The van der Waals surface area contributed by atoms with Crippen LogP contribution in [0, 0.1) is 18.6 Å². The Hall–Kier alpha value is -3.01. The number of carbonyl (C=O) groups is 2. The molecule has 10 heteroatoms. The standard InChI is InChI=1S/C25H33F2N3O4S/c1-6-18(4)28-25(32)23(7-2)29(15-19-11-9-8-10-17(19)3)24(31)16-30(35(5,33)34)20-12-13-21(26)22(27)14-20/h8-14,18,23H,6-7,15-16H2,1-5H3,(H,28,32)/t18-,23+/m0/s1. The number of anilines is 1.